The van der Waals surface area contributed by atoms with Gasteiger partial charge in [0.15, 0.2) is 0 Å². The molecule has 1 aliphatic heterocycles. The Labute approximate surface area is 140 Å². The van der Waals surface area contributed by atoms with Gasteiger partial charge in [-0.2, -0.15) is 5.10 Å². The van der Waals surface area contributed by atoms with Crippen molar-refractivity contribution in [1.29, 1.82) is 0 Å². The predicted octanol–water partition coefficient (Wildman–Crippen LogP) is 2.73. The van der Waals surface area contributed by atoms with Gasteiger partial charge in [-0.1, -0.05) is 24.9 Å². The van der Waals surface area contributed by atoms with E-state index in [0.29, 0.717) is 30.1 Å². The first kappa shape index (κ1) is 17.5. The van der Waals surface area contributed by atoms with Crippen LogP contribution in [-0.4, -0.2) is 44.3 Å². The highest BCUT2D eigenvalue weighted by Crippen LogP contribution is 2.23. The van der Waals surface area contributed by atoms with Gasteiger partial charge in [-0.05, 0) is 32.3 Å². The SMILES string of the molecule is CCCCn1nc(C)c(C=CC(=O)N2CCC[C@@H]2C(=O)O)c1Cl. The fourth-order valence-electron chi connectivity index (χ4n) is 2.75. The van der Waals surface area contributed by atoms with E-state index in [1.165, 1.54) is 11.0 Å². The van der Waals surface area contributed by atoms with Crippen LogP contribution in [0.15, 0.2) is 6.08 Å². The molecule has 0 radical (unpaired) electrons. The average Bonchev–Trinajstić information content (AvgIpc) is 3.09. The van der Waals surface area contributed by atoms with E-state index in [1.54, 1.807) is 10.8 Å². The van der Waals surface area contributed by atoms with Crippen LogP contribution in [0.25, 0.3) is 6.08 Å². The third kappa shape index (κ3) is 3.93. The zero-order valence-electron chi connectivity index (χ0n) is 13.5. The molecule has 0 aromatic carbocycles. The van der Waals surface area contributed by atoms with E-state index >= 15 is 0 Å². The van der Waals surface area contributed by atoms with Gasteiger partial charge in [-0.25, -0.2) is 4.79 Å². The molecule has 2 rings (SSSR count). The topological polar surface area (TPSA) is 75.4 Å². The quantitative estimate of drug-likeness (QED) is 0.808. The smallest absolute Gasteiger partial charge is 0.326 e. The summed E-state index contributed by atoms with van der Waals surface area (Å²) in [6, 6.07) is -0.726. The van der Waals surface area contributed by atoms with Crippen molar-refractivity contribution in [2.45, 2.75) is 52.1 Å². The summed E-state index contributed by atoms with van der Waals surface area (Å²) < 4.78 is 1.74. The minimum atomic E-state index is -0.953. The number of aromatic nitrogens is 2. The van der Waals surface area contributed by atoms with E-state index in [1.807, 2.05) is 6.92 Å². The van der Waals surface area contributed by atoms with E-state index < -0.39 is 12.0 Å². The second-order valence-electron chi connectivity index (χ2n) is 5.73. The Bertz CT molecular complexity index is 624. The predicted molar refractivity (Wildman–Crippen MR) is 88.3 cm³/mol. The van der Waals surface area contributed by atoms with Gasteiger partial charge in [0.2, 0.25) is 5.91 Å². The lowest BCUT2D eigenvalue weighted by molar-refractivity contribution is -0.146. The molecule has 2 heterocycles. The van der Waals surface area contributed by atoms with Crippen molar-refractivity contribution < 1.29 is 14.7 Å². The van der Waals surface area contributed by atoms with Crippen molar-refractivity contribution in [1.82, 2.24) is 14.7 Å². The van der Waals surface area contributed by atoms with E-state index in [0.717, 1.165) is 25.1 Å². The highest BCUT2D eigenvalue weighted by atomic mass is 35.5. The van der Waals surface area contributed by atoms with Crippen LogP contribution in [0.3, 0.4) is 0 Å². The second-order valence-corrected chi connectivity index (χ2v) is 6.09. The maximum Gasteiger partial charge on any atom is 0.326 e. The molecule has 7 heteroatoms. The molecule has 23 heavy (non-hydrogen) atoms. The summed E-state index contributed by atoms with van der Waals surface area (Å²) in [6.07, 6.45) is 6.27. The van der Waals surface area contributed by atoms with E-state index in [4.69, 9.17) is 16.7 Å². The maximum absolute atomic E-state index is 12.2. The van der Waals surface area contributed by atoms with E-state index in [2.05, 4.69) is 12.0 Å². The maximum atomic E-state index is 12.2. The first-order valence-electron chi connectivity index (χ1n) is 7.90. The van der Waals surface area contributed by atoms with Crippen LogP contribution in [-0.2, 0) is 16.1 Å². The number of carboxylic acid groups (broad SMARTS) is 1. The number of likely N-dealkylation sites (tertiary alicyclic amines) is 1. The summed E-state index contributed by atoms with van der Waals surface area (Å²) >= 11 is 6.32. The molecule has 0 bridgehead atoms. The molecule has 0 unspecified atom stereocenters. The molecule has 1 atom stereocenters. The van der Waals surface area contributed by atoms with Gasteiger partial charge in [-0.3, -0.25) is 9.48 Å². The van der Waals surface area contributed by atoms with Gasteiger partial charge >= 0.3 is 5.97 Å². The summed E-state index contributed by atoms with van der Waals surface area (Å²) in [5.74, 6) is -1.25. The fraction of sp³-hybridized carbons (Fsp3) is 0.562. The molecule has 1 saturated heterocycles. The highest BCUT2D eigenvalue weighted by Gasteiger charge is 2.32. The van der Waals surface area contributed by atoms with Gasteiger partial charge in [0.1, 0.15) is 11.2 Å². The van der Waals surface area contributed by atoms with Crippen LogP contribution >= 0.6 is 11.6 Å². The summed E-state index contributed by atoms with van der Waals surface area (Å²) in [6.45, 7) is 5.15. The third-order valence-corrected chi connectivity index (χ3v) is 4.45. The second kappa shape index (κ2) is 7.64. The van der Waals surface area contributed by atoms with Crippen LogP contribution in [0.2, 0.25) is 5.15 Å². The molecule has 1 N–H and O–H groups in total. The van der Waals surface area contributed by atoms with Gasteiger partial charge in [-0.15, -0.1) is 0 Å². The van der Waals surface area contributed by atoms with Gasteiger partial charge in [0, 0.05) is 24.7 Å². The molecule has 1 aromatic rings. The average molecular weight is 340 g/mol. The van der Waals surface area contributed by atoms with Gasteiger partial charge in [0.05, 0.1) is 5.69 Å². The number of halogens is 1. The molecule has 126 valence electrons. The number of unbranched alkanes of at least 4 members (excludes halogenated alkanes) is 1. The molecular formula is C16H22ClN3O3. The number of amides is 1. The largest absolute Gasteiger partial charge is 0.480 e. The van der Waals surface area contributed by atoms with Crippen LogP contribution in [0.4, 0.5) is 0 Å². The fourth-order valence-corrected chi connectivity index (χ4v) is 3.07. The molecule has 1 aliphatic rings. The van der Waals surface area contributed by atoms with Crippen LogP contribution < -0.4 is 0 Å². The molecule has 6 nitrogen and oxygen atoms in total. The van der Waals surface area contributed by atoms with E-state index in [-0.39, 0.29) is 5.91 Å². The first-order chi connectivity index (χ1) is 11.0. The first-order valence-corrected chi connectivity index (χ1v) is 8.27. The highest BCUT2D eigenvalue weighted by molar-refractivity contribution is 6.31. The number of hydrogen-bond acceptors (Lipinski definition) is 3. The lowest BCUT2D eigenvalue weighted by Crippen LogP contribution is -2.39. The molecule has 0 saturated carbocycles. The third-order valence-electron chi connectivity index (χ3n) is 4.05. The van der Waals surface area contributed by atoms with Gasteiger partial charge < -0.3 is 10.0 Å². The van der Waals surface area contributed by atoms with Crippen LogP contribution in [0, 0.1) is 6.92 Å². The molecule has 1 fully saturated rings. The number of carbonyl (C=O) groups excluding carboxylic acids is 1. The normalized spacial score (nSPS) is 18.0. The van der Waals surface area contributed by atoms with Crippen LogP contribution in [0.1, 0.15) is 43.9 Å². The summed E-state index contributed by atoms with van der Waals surface area (Å²) in [4.78, 5) is 24.8. The Morgan fingerprint density at radius 3 is 2.87 bits per heavy atom. The molecule has 1 amide bonds. The lowest BCUT2D eigenvalue weighted by Gasteiger charge is -2.19. The molecule has 0 spiro atoms. The van der Waals surface area contributed by atoms with Crippen molar-refractivity contribution in [3.63, 3.8) is 0 Å². The monoisotopic (exact) mass is 339 g/mol. The number of aryl methyl sites for hydroxylation is 2. The number of nitrogens with zero attached hydrogens (tertiary/aromatic N) is 3. The standard InChI is InChI=1S/C16H22ClN3O3/c1-3-4-10-20-15(17)12(11(2)18-20)7-8-14(21)19-9-5-6-13(19)16(22)23/h7-8,13H,3-6,9-10H2,1-2H3,(H,22,23)/t13-/m1/s1. The number of rotatable bonds is 6. The van der Waals surface area contributed by atoms with Crippen molar-refractivity contribution in [2.24, 2.45) is 0 Å². The van der Waals surface area contributed by atoms with Crippen molar-refractivity contribution in [3.05, 3.63) is 22.5 Å². The summed E-state index contributed by atoms with van der Waals surface area (Å²) in [5.41, 5.74) is 1.47. The Morgan fingerprint density at radius 2 is 2.22 bits per heavy atom. The zero-order valence-corrected chi connectivity index (χ0v) is 14.2. The minimum Gasteiger partial charge on any atom is -0.480 e. The van der Waals surface area contributed by atoms with Gasteiger partial charge in [0.25, 0.3) is 0 Å². The van der Waals surface area contributed by atoms with Crippen molar-refractivity contribution >= 4 is 29.6 Å². The van der Waals surface area contributed by atoms with E-state index in [9.17, 15) is 9.59 Å². The Morgan fingerprint density at radius 1 is 1.48 bits per heavy atom. The van der Waals surface area contributed by atoms with Crippen molar-refractivity contribution in [2.75, 3.05) is 6.54 Å². The zero-order chi connectivity index (χ0) is 17.0. The Balaban J connectivity index is 2.12. The molecular weight excluding hydrogens is 318 g/mol. The lowest BCUT2D eigenvalue weighted by atomic mass is 10.2. The number of carboxylic acids is 1. The summed E-state index contributed by atoms with van der Waals surface area (Å²) in [5, 5.41) is 14.0. The number of aliphatic carboxylic acids is 1. The molecule has 0 aliphatic carbocycles. The molecule has 1 aromatic heterocycles. The van der Waals surface area contributed by atoms with Crippen molar-refractivity contribution in [3.8, 4) is 0 Å². The Kier molecular flexibility index (Phi) is 5.82. The van der Waals surface area contributed by atoms with Crippen LogP contribution in [0.5, 0.6) is 0 Å². The number of carbonyl (C=O) groups is 2. The minimum absolute atomic E-state index is 0.299. The Hall–Kier alpha value is -1.82. The summed E-state index contributed by atoms with van der Waals surface area (Å²) in [7, 11) is 0. The number of hydrogen-bond donors (Lipinski definition) is 1.